The molecule has 0 aromatic heterocycles. The molecule has 0 amide bonds. The van der Waals surface area contributed by atoms with Gasteiger partial charge in [0, 0.05) is 11.8 Å². The van der Waals surface area contributed by atoms with Gasteiger partial charge in [0.05, 0.1) is 22.8 Å². The topological polar surface area (TPSA) is 55.4 Å². The lowest BCUT2D eigenvalue weighted by Crippen LogP contribution is -2.17. The predicted molar refractivity (Wildman–Crippen MR) is 90.9 cm³/mol. The molecule has 0 bridgehead atoms. The Bertz CT molecular complexity index is 869. The highest BCUT2D eigenvalue weighted by atomic mass is 35.5. The van der Waals surface area contributed by atoms with E-state index in [4.69, 9.17) is 23.2 Å². The van der Waals surface area contributed by atoms with Crippen molar-refractivity contribution in [3.8, 4) is 0 Å². The van der Waals surface area contributed by atoms with Crippen molar-refractivity contribution in [1.82, 2.24) is 0 Å². The number of ketones is 1. The molecule has 0 aliphatic carbocycles. The molecule has 1 N–H and O–H groups in total. The molecule has 0 radical (unpaired) electrons. The highest BCUT2D eigenvalue weighted by Crippen LogP contribution is 2.26. The van der Waals surface area contributed by atoms with Gasteiger partial charge in [0.1, 0.15) is 17.2 Å². The van der Waals surface area contributed by atoms with Gasteiger partial charge in [-0.2, -0.15) is 0 Å². The second-order valence-corrected chi connectivity index (χ2v) is 5.56. The van der Waals surface area contributed by atoms with E-state index in [1.165, 1.54) is 18.2 Å². The quantitative estimate of drug-likeness (QED) is 0.203. The number of nitrogens with one attached hydrogen (secondary N) is 1. The molecule has 2 aromatic carbocycles. The van der Waals surface area contributed by atoms with Crippen LogP contribution in [0.25, 0.3) is 0 Å². The van der Waals surface area contributed by atoms with Crippen LogP contribution < -0.4 is 5.32 Å². The summed E-state index contributed by atoms with van der Waals surface area (Å²) in [4.78, 5) is 24.4. The zero-order chi connectivity index (χ0) is 18.6. The number of hydrogen-bond donors (Lipinski definition) is 1. The van der Waals surface area contributed by atoms with Gasteiger partial charge < -0.3 is 10.1 Å². The van der Waals surface area contributed by atoms with E-state index < -0.39 is 29.0 Å². The first kappa shape index (κ1) is 18.9. The van der Waals surface area contributed by atoms with Gasteiger partial charge in [-0.3, -0.25) is 4.79 Å². The first-order valence-corrected chi connectivity index (χ1v) is 7.59. The second-order valence-electron chi connectivity index (χ2n) is 4.75. The number of esters is 1. The number of halogens is 4. The molecule has 0 atom stereocenters. The van der Waals surface area contributed by atoms with Gasteiger partial charge in [-0.25, -0.2) is 13.6 Å². The second kappa shape index (κ2) is 8.09. The summed E-state index contributed by atoms with van der Waals surface area (Å²) in [5.74, 6) is -3.37. The third-order valence-electron chi connectivity index (χ3n) is 3.15. The average Bonchev–Trinajstić information content (AvgIpc) is 2.59. The molecule has 130 valence electrons. The summed E-state index contributed by atoms with van der Waals surface area (Å²) in [5.41, 5.74) is -0.741. The van der Waals surface area contributed by atoms with Crippen LogP contribution in [-0.4, -0.2) is 18.9 Å². The Kier molecular flexibility index (Phi) is 6.12. The van der Waals surface area contributed by atoms with Gasteiger partial charge in [-0.05, 0) is 24.3 Å². The van der Waals surface area contributed by atoms with Crippen molar-refractivity contribution < 1.29 is 23.1 Å². The van der Waals surface area contributed by atoms with Gasteiger partial charge in [-0.1, -0.05) is 35.3 Å². The van der Waals surface area contributed by atoms with E-state index in [9.17, 15) is 18.4 Å². The monoisotopic (exact) mass is 385 g/mol. The lowest BCUT2D eigenvalue weighted by molar-refractivity contribution is -0.135. The highest BCUT2D eigenvalue weighted by molar-refractivity contribution is 6.39. The summed E-state index contributed by atoms with van der Waals surface area (Å²) in [6, 6.07) is 7.50. The zero-order valence-electron chi connectivity index (χ0n) is 12.8. The summed E-state index contributed by atoms with van der Waals surface area (Å²) >= 11 is 11.5. The summed E-state index contributed by atoms with van der Waals surface area (Å²) in [7, 11) is 1.07. The van der Waals surface area contributed by atoms with E-state index in [2.05, 4.69) is 10.1 Å². The minimum Gasteiger partial charge on any atom is -0.465 e. The molecule has 25 heavy (non-hydrogen) atoms. The molecular formula is C17H11Cl2F2NO3. The fourth-order valence-electron chi connectivity index (χ4n) is 1.90. The van der Waals surface area contributed by atoms with Crippen LogP contribution in [0.5, 0.6) is 0 Å². The molecule has 4 nitrogen and oxygen atoms in total. The molecular weight excluding hydrogens is 375 g/mol. The number of methoxy groups -OCH3 is 1. The number of benzene rings is 2. The van der Waals surface area contributed by atoms with Crippen LogP contribution in [0.4, 0.5) is 14.5 Å². The van der Waals surface area contributed by atoms with Crippen molar-refractivity contribution in [2.75, 3.05) is 12.4 Å². The SMILES string of the molecule is COC(=O)C(=CNc1ccccc1F)C(=O)c1cc(F)c(Cl)cc1Cl. The molecule has 2 rings (SSSR count). The van der Waals surface area contributed by atoms with Crippen LogP contribution in [0.2, 0.25) is 10.0 Å². The number of rotatable bonds is 5. The maximum atomic E-state index is 13.6. The molecule has 0 aliphatic rings. The number of Topliss-reactive ketones (excluding diaryl/α,β-unsaturated/α-hetero) is 1. The van der Waals surface area contributed by atoms with Crippen LogP contribution in [0.3, 0.4) is 0 Å². The van der Waals surface area contributed by atoms with Gasteiger partial charge in [-0.15, -0.1) is 0 Å². The molecule has 0 spiro atoms. The largest absolute Gasteiger partial charge is 0.465 e. The van der Waals surface area contributed by atoms with E-state index in [1.807, 2.05) is 0 Å². The fraction of sp³-hybridized carbons (Fsp3) is 0.0588. The number of ether oxygens (including phenoxy) is 1. The van der Waals surface area contributed by atoms with E-state index in [0.717, 1.165) is 25.4 Å². The van der Waals surface area contributed by atoms with E-state index in [-0.39, 0.29) is 21.3 Å². The standard InChI is InChI=1S/C17H11Cl2F2NO3/c1-25-17(24)10(8-22-15-5-3-2-4-13(15)20)16(23)9-6-14(21)12(19)7-11(9)18/h2-8,22H,1H3. The van der Waals surface area contributed by atoms with Crippen LogP contribution in [0.15, 0.2) is 48.2 Å². The maximum absolute atomic E-state index is 13.6. The summed E-state index contributed by atoms with van der Waals surface area (Å²) in [6.07, 6.45) is 0.968. The predicted octanol–water partition coefficient (Wildman–Crippen LogP) is 4.62. The number of hydrogen-bond acceptors (Lipinski definition) is 4. The Balaban J connectivity index is 2.42. The van der Waals surface area contributed by atoms with E-state index >= 15 is 0 Å². The van der Waals surface area contributed by atoms with Crippen LogP contribution in [0.1, 0.15) is 10.4 Å². The molecule has 0 fully saturated rings. The molecule has 8 heteroatoms. The Hall–Kier alpha value is -2.44. The van der Waals surface area contributed by atoms with Gasteiger partial charge >= 0.3 is 5.97 Å². The third-order valence-corrected chi connectivity index (χ3v) is 3.75. The minimum absolute atomic E-state index is 0.0325. The van der Waals surface area contributed by atoms with Crippen molar-refractivity contribution in [3.05, 3.63) is 75.4 Å². The summed E-state index contributed by atoms with van der Waals surface area (Å²) < 4.78 is 31.8. The van der Waals surface area contributed by atoms with Crippen LogP contribution in [0, 0.1) is 11.6 Å². The number of para-hydroxylation sites is 1. The average molecular weight is 386 g/mol. The summed E-state index contributed by atoms with van der Waals surface area (Å²) in [5, 5.41) is 2.09. The minimum atomic E-state index is -1.000. The smallest absolute Gasteiger partial charge is 0.343 e. The third kappa shape index (κ3) is 4.35. The lowest BCUT2D eigenvalue weighted by Gasteiger charge is -2.09. The first-order valence-electron chi connectivity index (χ1n) is 6.84. The molecule has 0 heterocycles. The molecule has 2 aromatic rings. The normalized spacial score (nSPS) is 11.2. The van der Waals surface area contributed by atoms with Crippen LogP contribution >= 0.6 is 23.2 Å². The Labute approximate surface area is 152 Å². The van der Waals surface area contributed by atoms with Crippen molar-refractivity contribution >= 4 is 40.6 Å². The zero-order valence-corrected chi connectivity index (χ0v) is 14.3. The highest BCUT2D eigenvalue weighted by Gasteiger charge is 2.24. The summed E-state index contributed by atoms with van der Waals surface area (Å²) in [6.45, 7) is 0. The first-order chi connectivity index (χ1) is 11.8. The van der Waals surface area contributed by atoms with Gasteiger partial charge in [0.25, 0.3) is 0 Å². The van der Waals surface area contributed by atoms with Gasteiger partial charge in [0.15, 0.2) is 0 Å². The van der Waals surface area contributed by atoms with Crippen molar-refractivity contribution in [3.63, 3.8) is 0 Å². The number of carbonyl (C=O) groups is 2. The molecule has 0 saturated carbocycles. The number of carbonyl (C=O) groups excluding carboxylic acids is 2. The van der Waals surface area contributed by atoms with E-state index in [1.54, 1.807) is 6.07 Å². The maximum Gasteiger partial charge on any atom is 0.343 e. The van der Waals surface area contributed by atoms with Crippen molar-refractivity contribution in [1.29, 1.82) is 0 Å². The lowest BCUT2D eigenvalue weighted by atomic mass is 10.0. The molecule has 0 saturated heterocycles. The van der Waals surface area contributed by atoms with Crippen molar-refractivity contribution in [2.45, 2.75) is 0 Å². The number of anilines is 1. The Morgan fingerprint density at radius 1 is 1.08 bits per heavy atom. The Morgan fingerprint density at radius 3 is 2.40 bits per heavy atom. The van der Waals surface area contributed by atoms with Gasteiger partial charge in [0.2, 0.25) is 5.78 Å². The molecule has 0 aliphatic heterocycles. The van der Waals surface area contributed by atoms with Crippen molar-refractivity contribution in [2.24, 2.45) is 0 Å². The fourth-order valence-corrected chi connectivity index (χ4v) is 2.37. The van der Waals surface area contributed by atoms with E-state index in [0.29, 0.717) is 0 Å². The van der Waals surface area contributed by atoms with Crippen LogP contribution in [-0.2, 0) is 9.53 Å². The molecule has 0 unspecified atom stereocenters. The Morgan fingerprint density at radius 2 is 1.76 bits per heavy atom.